The van der Waals surface area contributed by atoms with E-state index in [1.807, 2.05) is 29.3 Å². The monoisotopic (exact) mass is 279 g/mol. The zero-order valence-electron chi connectivity index (χ0n) is 10.5. The molecule has 2 aromatic rings. The zero-order valence-corrected chi connectivity index (χ0v) is 11.3. The van der Waals surface area contributed by atoms with Crippen molar-refractivity contribution in [2.75, 3.05) is 11.4 Å². The van der Waals surface area contributed by atoms with Crippen LogP contribution in [-0.4, -0.2) is 17.6 Å². The van der Waals surface area contributed by atoms with Gasteiger partial charge in [0, 0.05) is 17.1 Å². The molecule has 3 nitrogen and oxygen atoms in total. The summed E-state index contributed by atoms with van der Waals surface area (Å²) in [5.41, 5.74) is 0.398. The minimum atomic E-state index is -1.25. The maximum absolute atomic E-state index is 13.7. The maximum atomic E-state index is 13.7. The normalized spacial score (nSPS) is 10.4. The molecule has 0 amide bonds. The average molecular weight is 279 g/mol. The molecular weight excluding hydrogens is 265 g/mol. The average Bonchev–Trinajstić information content (AvgIpc) is 2.88. The Morgan fingerprint density at radius 1 is 1.42 bits per heavy atom. The van der Waals surface area contributed by atoms with Gasteiger partial charge in [0.15, 0.2) is 0 Å². The van der Waals surface area contributed by atoms with Crippen LogP contribution in [0.3, 0.4) is 0 Å². The molecule has 5 heteroatoms. The molecular formula is C14H14FNO2S. The molecule has 0 unspecified atom stereocenters. The number of carboxylic acid groups (broad SMARTS) is 1. The number of halogens is 1. The molecule has 0 bridgehead atoms. The molecule has 0 aliphatic carbocycles. The standard InChI is InChI=1S/C14H14FNO2S/c1-2-16(9-11-4-3-7-19-11)10-5-6-12(14(17)18)13(15)8-10/h3-8H,2,9H2,1H3,(H,17,18). The van der Waals surface area contributed by atoms with Gasteiger partial charge in [-0.25, -0.2) is 9.18 Å². The summed E-state index contributed by atoms with van der Waals surface area (Å²) in [6.45, 7) is 3.40. The first kappa shape index (κ1) is 13.5. The van der Waals surface area contributed by atoms with E-state index in [0.29, 0.717) is 12.2 Å². The van der Waals surface area contributed by atoms with E-state index < -0.39 is 11.8 Å². The number of hydrogen-bond acceptors (Lipinski definition) is 3. The molecule has 1 heterocycles. The van der Waals surface area contributed by atoms with Gasteiger partial charge in [0.2, 0.25) is 0 Å². The Morgan fingerprint density at radius 3 is 2.74 bits per heavy atom. The van der Waals surface area contributed by atoms with Crippen LogP contribution in [0.25, 0.3) is 0 Å². The van der Waals surface area contributed by atoms with Crippen LogP contribution in [0.4, 0.5) is 10.1 Å². The van der Waals surface area contributed by atoms with Crippen molar-refractivity contribution in [1.82, 2.24) is 0 Å². The molecule has 0 saturated carbocycles. The minimum Gasteiger partial charge on any atom is -0.478 e. The number of nitrogens with zero attached hydrogens (tertiary/aromatic N) is 1. The van der Waals surface area contributed by atoms with Gasteiger partial charge in [-0.05, 0) is 36.6 Å². The lowest BCUT2D eigenvalue weighted by Gasteiger charge is -2.22. The lowest BCUT2D eigenvalue weighted by molar-refractivity contribution is 0.0692. The third-order valence-electron chi connectivity index (χ3n) is 2.86. The molecule has 2 rings (SSSR count). The predicted molar refractivity (Wildman–Crippen MR) is 74.4 cm³/mol. The molecule has 0 aliphatic rings. The van der Waals surface area contributed by atoms with E-state index in [2.05, 4.69) is 0 Å². The maximum Gasteiger partial charge on any atom is 0.338 e. The van der Waals surface area contributed by atoms with Crippen LogP contribution in [-0.2, 0) is 6.54 Å². The Hall–Kier alpha value is -1.88. The second-order valence-corrected chi connectivity index (χ2v) is 5.10. The summed E-state index contributed by atoms with van der Waals surface area (Å²) < 4.78 is 13.7. The van der Waals surface area contributed by atoms with Crippen LogP contribution in [0.1, 0.15) is 22.2 Å². The van der Waals surface area contributed by atoms with E-state index in [-0.39, 0.29) is 5.56 Å². The van der Waals surface area contributed by atoms with Crippen molar-refractivity contribution >= 4 is 23.0 Å². The minimum absolute atomic E-state index is 0.295. The topological polar surface area (TPSA) is 40.5 Å². The van der Waals surface area contributed by atoms with Crippen LogP contribution < -0.4 is 4.90 Å². The summed E-state index contributed by atoms with van der Waals surface area (Å²) in [5.74, 6) is -1.94. The number of aromatic carboxylic acids is 1. The van der Waals surface area contributed by atoms with Crippen molar-refractivity contribution in [3.05, 3.63) is 52.0 Å². The van der Waals surface area contributed by atoms with Crippen LogP contribution in [0, 0.1) is 5.82 Å². The molecule has 0 spiro atoms. The third kappa shape index (κ3) is 3.12. The predicted octanol–water partition coefficient (Wildman–Crippen LogP) is 3.61. The van der Waals surface area contributed by atoms with Crippen molar-refractivity contribution in [3.8, 4) is 0 Å². The van der Waals surface area contributed by atoms with Gasteiger partial charge < -0.3 is 10.0 Å². The largest absolute Gasteiger partial charge is 0.478 e. The molecule has 0 aliphatic heterocycles. The van der Waals surface area contributed by atoms with Gasteiger partial charge in [-0.2, -0.15) is 0 Å². The fourth-order valence-corrected chi connectivity index (χ4v) is 2.57. The van der Waals surface area contributed by atoms with Crippen LogP contribution in [0.15, 0.2) is 35.7 Å². The number of carboxylic acids is 1. The first-order valence-corrected chi connectivity index (χ1v) is 6.80. The Labute approximate surface area is 114 Å². The Bertz CT molecular complexity index is 569. The summed E-state index contributed by atoms with van der Waals surface area (Å²) >= 11 is 1.64. The van der Waals surface area contributed by atoms with E-state index >= 15 is 0 Å². The van der Waals surface area contributed by atoms with E-state index in [4.69, 9.17) is 5.11 Å². The fourth-order valence-electron chi connectivity index (χ4n) is 1.85. The third-order valence-corrected chi connectivity index (χ3v) is 3.72. The number of anilines is 1. The quantitative estimate of drug-likeness (QED) is 0.909. The fraction of sp³-hybridized carbons (Fsp3) is 0.214. The highest BCUT2D eigenvalue weighted by molar-refractivity contribution is 7.09. The number of carbonyl (C=O) groups is 1. The van der Waals surface area contributed by atoms with Crippen LogP contribution >= 0.6 is 11.3 Å². The molecule has 0 atom stereocenters. The van der Waals surface area contributed by atoms with Gasteiger partial charge in [0.25, 0.3) is 0 Å². The highest BCUT2D eigenvalue weighted by Crippen LogP contribution is 2.22. The second-order valence-electron chi connectivity index (χ2n) is 4.06. The summed E-state index contributed by atoms with van der Waals surface area (Å²) in [6.07, 6.45) is 0. The van der Waals surface area contributed by atoms with E-state index in [1.54, 1.807) is 17.4 Å². The molecule has 0 saturated heterocycles. The van der Waals surface area contributed by atoms with Crippen molar-refractivity contribution in [2.24, 2.45) is 0 Å². The van der Waals surface area contributed by atoms with Crippen molar-refractivity contribution in [2.45, 2.75) is 13.5 Å². The number of benzene rings is 1. The number of thiophene rings is 1. The smallest absolute Gasteiger partial charge is 0.338 e. The van der Waals surface area contributed by atoms with Gasteiger partial charge in [-0.3, -0.25) is 0 Å². The molecule has 100 valence electrons. The van der Waals surface area contributed by atoms with Crippen LogP contribution in [0.2, 0.25) is 0 Å². The summed E-state index contributed by atoms with van der Waals surface area (Å²) in [7, 11) is 0. The lowest BCUT2D eigenvalue weighted by atomic mass is 10.2. The van der Waals surface area contributed by atoms with Gasteiger partial charge in [0.05, 0.1) is 12.1 Å². The second kappa shape index (κ2) is 5.84. The lowest BCUT2D eigenvalue weighted by Crippen LogP contribution is -2.21. The van der Waals surface area contributed by atoms with E-state index in [0.717, 1.165) is 6.54 Å². The molecule has 1 aromatic heterocycles. The van der Waals surface area contributed by atoms with Gasteiger partial charge >= 0.3 is 5.97 Å². The van der Waals surface area contributed by atoms with E-state index in [1.165, 1.54) is 17.0 Å². The highest BCUT2D eigenvalue weighted by Gasteiger charge is 2.13. The SMILES string of the molecule is CCN(Cc1cccs1)c1ccc(C(=O)O)c(F)c1. The first-order chi connectivity index (χ1) is 9.11. The first-order valence-electron chi connectivity index (χ1n) is 5.92. The summed E-state index contributed by atoms with van der Waals surface area (Å²) in [6, 6.07) is 8.23. The summed E-state index contributed by atoms with van der Waals surface area (Å²) in [4.78, 5) is 14.0. The Balaban J connectivity index is 2.23. The molecule has 1 aromatic carbocycles. The van der Waals surface area contributed by atoms with Crippen LogP contribution in [0.5, 0.6) is 0 Å². The van der Waals surface area contributed by atoms with Crippen molar-refractivity contribution in [3.63, 3.8) is 0 Å². The Morgan fingerprint density at radius 2 is 2.21 bits per heavy atom. The van der Waals surface area contributed by atoms with Crippen molar-refractivity contribution < 1.29 is 14.3 Å². The highest BCUT2D eigenvalue weighted by atomic mass is 32.1. The molecule has 1 N–H and O–H groups in total. The molecule has 0 fully saturated rings. The van der Waals surface area contributed by atoms with Gasteiger partial charge in [-0.1, -0.05) is 6.07 Å². The summed E-state index contributed by atoms with van der Waals surface area (Å²) in [5, 5.41) is 10.8. The molecule has 19 heavy (non-hydrogen) atoms. The Kier molecular flexibility index (Phi) is 4.16. The van der Waals surface area contributed by atoms with Gasteiger partial charge in [-0.15, -0.1) is 11.3 Å². The molecule has 0 radical (unpaired) electrons. The number of hydrogen-bond donors (Lipinski definition) is 1. The van der Waals surface area contributed by atoms with Gasteiger partial charge in [0.1, 0.15) is 5.82 Å². The zero-order chi connectivity index (χ0) is 13.8. The van der Waals surface area contributed by atoms with E-state index in [9.17, 15) is 9.18 Å². The number of rotatable bonds is 5. The van der Waals surface area contributed by atoms with Crippen molar-refractivity contribution in [1.29, 1.82) is 0 Å².